The van der Waals surface area contributed by atoms with Crippen molar-refractivity contribution >= 4 is 11.9 Å². The molecule has 4 N–H and O–H groups in total. The molecule has 1 fully saturated rings. The van der Waals surface area contributed by atoms with Gasteiger partial charge in [-0.25, -0.2) is 0 Å². The predicted octanol–water partition coefficient (Wildman–Crippen LogP) is 2.97. The molecule has 2 atom stereocenters. The molecule has 1 aliphatic rings. The molecule has 0 radical (unpaired) electrons. The van der Waals surface area contributed by atoms with Crippen molar-refractivity contribution in [3.05, 3.63) is 35.9 Å². The Hall–Kier alpha value is -2.54. The number of carboxylic acid groups (broad SMARTS) is 1. The first kappa shape index (κ1) is 22.7. The molecule has 160 valence electrons. The molecule has 7 nitrogen and oxygen atoms in total. The van der Waals surface area contributed by atoms with Crippen LogP contribution in [0.2, 0.25) is 0 Å². The molecule has 0 aliphatic carbocycles. The van der Waals surface area contributed by atoms with Crippen LogP contribution < -0.4 is 0 Å². The van der Waals surface area contributed by atoms with Crippen LogP contribution in [-0.4, -0.2) is 55.9 Å². The van der Waals surface area contributed by atoms with Gasteiger partial charge in [-0.1, -0.05) is 31.1 Å². The first-order valence-electron chi connectivity index (χ1n) is 10.3. The molecule has 1 heterocycles. The number of carboxylic acids is 1. The highest BCUT2D eigenvalue weighted by Gasteiger charge is 2.25. The molecular formula is C22H31NO6. The second kappa shape index (κ2) is 11.5. The van der Waals surface area contributed by atoms with E-state index in [0.29, 0.717) is 31.4 Å². The second-order valence-electron chi connectivity index (χ2n) is 7.58. The van der Waals surface area contributed by atoms with Crippen LogP contribution in [-0.2, 0) is 16.0 Å². The van der Waals surface area contributed by atoms with Gasteiger partial charge in [-0.05, 0) is 43.4 Å². The van der Waals surface area contributed by atoms with Gasteiger partial charge in [0, 0.05) is 25.8 Å². The number of phenols is 2. The number of piperidine rings is 1. The van der Waals surface area contributed by atoms with Gasteiger partial charge in [0.15, 0.2) is 11.5 Å². The zero-order chi connectivity index (χ0) is 21.2. The minimum atomic E-state index is -0.775. The number of rotatable bonds is 11. The highest BCUT2D eigenvalue weighted by atomic mass is 16.4. The van der Waals surface area contributed by atoms with Gasteiger partial charge in [0.25, 0.3) is 0 Å². The normalized spacial score (nSPS) is 18.3. The number of aliphatic hydroxyl groups is 1. The topological polar surface area (TPSA) is 118 Å². The maximum Gasteiger partial charge on any atom is 0.303 e. The molecule has 1 aromatic rings. The van der Waals surface area contributed by atoms with Crippen molar-refractivity contribution in [3.63, 3.8) is 0 Å². The number of hydrogen-bond donors (Lipinski definition) is 4. The summed E-state index contributed by atoms with van der Waals surface area (Å²) in [5.74, 6) is -1.07. The van der Waals surface area contributed by atoms with Crippen LogP contribution in [0.25, 0.3) is 0 Å². The smallest absolute Gasteiger partial charge is 0.303 e. The van der Waals surface area contributed by atoms with Crippen LogP contribution in [0.4, 0.5) is 0 Å². The number of carbonyl (C=O) groups is 2. The number of aliphatic carboxylic acids is 1. The zero-order valence-corrected chi connectivity index (χ0v) is 16.7. The lowest BCUT2D eigenvalue weighted by molar-refractivity contribution is -0.137. The fourth-order valence-electron chi connectivity index (χ4n) is 3.61. The first-order valence-corrected chi connectivity index (χ1v) is 10.3. The van der Waals surface area contributed by atoms with E-state index in [1.807, 2.05) is 11.0 Å². The highest BCUT2D eigenvalue weighted by molar-refractivity contribution is 5.77. The Balaban J connectivity index is 1.84. The van der Waals surface area contributed by atoms with E-state index in [0.717, 1.165) is 32.1 Å². The highest BCUT2D eigenvalue weighted by Crippen LogP contribution is 2.26. The lowest BCUT2D eigenvalue weighted by atomic mass is 9.99. The Morgan fingerprint density at radius 1 is 1.17 bits per heavy atom. The minimum absolute atomic E-state index is 0.0434. The maximum atomic E-state index is 12.3. The number of phenolic OH excluding ortho intramolecular Hbond substituents is 2. The van der Waals surface area contributed by atoms with E-state index >= 15 is 0 Å². The Kier molecular flexibility index (Phi) is 8.99. The lowest BCUT2D eigenvalue weighted by Gasteiger charge is -2.34. The molecule has 0 bridgehead atoms. The number of amides is 1. The van der Waals surface area contributed by atoms with Gasteiger partial charge in [-0.2, -0.15) is 0 Å². The number of carbonyl (C=O) groups excluding carboxylic acids is 1. The van der Waals surface area contributed by atoms with Gasteiger partial charge < -0.3 is 25.3 Å². The van der Waals surface area contributed by atoms with E-state index < -0.39 is 12.1 Å². The van der Waals surface area contributed by atoms with Gasteiger partial charge in [0.05, 0.1) is 12.1 Å². The molecule has 1 saturated heterocycles. The van der Waals surface area contributed by atoms with Crippen LogP contribution in [0.15, 0.2) is 30.4 Å². The SMILES string of the molecule is O=C(O)CCCCCCN1C(=O)CCC[C@@H]1/C=C/[C@@H](O)Cc1ccc(O)c(O)c1. The van der Waals surface area contributed by atoms with Crippen molar-refractivity contribution in [1.82, 2.24) is 4.90 Å². The van der Waals surface area contributed by atoms with Crippen molar-refractivity contribution in [2.75, 3.05) is 6.54 Å². The third kappa shape index (κ3) is 7.77. The number of aliphatic hydroxyl groups excluding tert-OH is 1. The van der Waals surface area contributed by atoms with Crippen molar-refractivity contribution in [2.45, 2.75) is 69.9 Å². The average molecular weight is 405 g/mol. The van der Waals surface area contributed by atoms with E-state index in [1.54, 1.807) is 12.1 Å². The Morgan fingerprint density at radius 2 is 1.93 bits per heavy atom. The van der Waals surface area contributed by atoms with Gasteiger partial charge in [-0.15, -0.1) is 0 Å². The summed E-state index contributed by atoms with van der Waals surface area (Å²) in [4.78, 5) is 24.7. The summed E-state index contributed by atoms with van der Waals surface area (Å²) >= 11 is 0. The maximum absolute atomic E-state index is 12.3. The minimum Gasteiger partial charge on any atom is -0.504 e. The van der Waals surface area contributed by atoms with Gasteiger partial charge >= 0.3 is 5.97 Å². The quantitative estimate of drug-likeness (QED) is 0.255. The first-order chi connectivity index (χ1) is 13.9. The second-order valence-corrected chi connectivity index (χ2v) is 7.58. The fraction of sp³-hybridized carbons (Fsp3) is 0.545. The molecule has 1 aromatic carbocycles. The summed E-state index contributed by atoms with van der Waals surface area (Å²) in [6.45, 7) is 0.642. The average Bonchev–Trinajstić information content (AvgIpc) is 2.67. The summed E-state index contributed by atoms with van der Waals surface area (Å²) in [7, 11) is 0. The number of hydrogen-bond acceptors (Lipinski definition) is 5. The van der Waals surface area contributed by atoms with Crippen LogP contribution >= 0.6 is 0 Å². The molecule has 0 saturated carbocycles. The van der Waals surface area contributed by atoms with Crippen LogP contribution in [0.5, 0.6) is 11.5 Å². The fourth-order valence-corrected chi connectivity index (χ4v) is 3.61. The molecule has 7 heteroatoms. The van der Waals surface area contributed by atoms with Gasteiger partial charge in [0.1, 0.15) is 0 Å². The van der Waals surface area contributed by atoms with Crippen LogP contribution in [0.1, 0.15) is 56.9 Å². The summed E-state index contributed by atoms with van der Waals surface area (Å²) in [5.41, 5.74) is 0.704. The van der Waals surface area contributed by atoms with Gasteiger partial charge in [-0.3, -0.25) is 9.59 Å². The molecule has 2 rings (SSSR count). The third-order valence-electron chi connectivity index (χ3n) is 5.19. The molecule has 0 spiro atoms. The number of unbranched alkanes of at least 4 members (excludes halogenated alkanes) is 3. The number of aromatic hydroxyl groups is 2. The van der Waals surface area contributed by atoms with Crippen molar-refractivity contribution in [2.24, 2.45) is 0 Å². The van der Waals surface area contributed by atoms with E-state index in [9.17, 15) is 24.9 Å². The predicted molar refractivity (Wildman–Crippen MR) is 109 cm³/mol. The Bertz CT molecular complexity index is 717. The molecule has 1 aliphatic heterocycles. The van der Waals surface area contributed by atoms with E-state index in [4.69, 9.17) is 5.11 Å². The zero-order valence-electron chi connectivity index (χ0n) is 16.7. The van der Waals surface area contributed by atoms with Crippen molar-refractivity contribution < 1.29 is 30.0 Å². The standard InChI is InChI=1S/C22H31NO6/c24-18(14-16-9-12-19(25)20(26)15-16)11-10-17-6-5-7-21(27)23(17)13-4-2-1-3-8-22(28)29/h9-12,15,17-18,24-26H,1-8,13-14H2,(H,28,29)/b11-10+/t17-,18-/m1/s1. The molecule has 29 heavy (non-hydrogen) atoms. The van der Waals surface area contributed by atoms with Crippen LogP contribution in [0.3, 0.4) is 0 Å². The Labute approximate surface area is 171 Å². The van der Waals surface area contributed by atoms with Crippen LogP contribution in [0, 0.1) is 0 Å². The van der Waals surface area contributed by atoms with Crippen molar-refractivity contribution in [1.29, 1.82) is 0 Å². The summed E-state index contributed by atoms with van der Waals surface area (Å²) in [6, 6.07) is 4.41. The van der Waals surface area contributed by atoms with E-state index in [1.165, 1.54) is 12.1 Å². The molecule has 0 unspecified atom stereocenters. The number of benzene rings is 1. The molecule has 1 amide bonds. The van der Waals surface area contributed by atoms with Crippen molar-refractivity contribution in [3.8, 4) is 11.5 Å². The molecular weight excluding hydrogens is 374 g/mol. The van der Waals surface area contributed by atoms with E-state index in [-0.39, 0.29) is 29.9 Å². The summed E-state index contributed by atoms with van der Waals surface area (Å²) in [6.07, 6.45) is 8.74. The molecule has 0 aromatic heterocycles. The largest absolute Gasteiger partial charge is 0.504 e. The monoisotopic (exact) mass is 405 g/mol. The summed E-state index contributed by atoms with van der Waals surface area (Å²) < 4.78 is 0. The van der Waals surface area contributed by atoms with Gasteiger partial charge in [0.2, 0.25) is 5.91 Å². The number of likely N-dealkylation sites (tertiary alicyclic amines) is 1. The third-order valence-corrected chi connectivity index (χ3v) is 5.19. The summed E-state index contributed by atoms with van der Waals surface area (Å²) in [5, 5.41) is 37.9. The van der Waals surface area contributed by atoms with E-state index in [2.05, 4.69) is 0 Å². The lowest BCUT2D eigenvalue weighted by Crippen LogP contribution is -2.43. The Morgan fingerprint density at radius 3 is 2.66 bits per heavy atom. The number of nitrogens with zero attached hydrogens (tertiary/aromatic N) is 1.